The van der Waals surface area contributed by atoms with Gasteiger partial charge in [0.2, 0.25) is 0 Å². The minimum Gasteiger partial charge on any atom is -0.312 e. The van der Waals surface area contributed by atoms with E-state index < -0.39 is 41.5 Å². The number of rotatable bonds is 3. The molecule has 1 unspecified atom stereocenters. The molecule has 0 fully saturated rings. The zero-order valence-corrected chi connectivity index (χ0v) is 9.91. The lowest BCUT2D eigenvalue weighted by Gasteiger charge is -2.30. The molecule has 9 heteroatoms. The van der Waals surface area contributed by atoms with Crippen molar-refractivity contribution in [1.29, 1.82) is 0 Å². The Balaban J connectivity index is 3.39. The van der Waals surface area contributed by atoms with Gasteiger partial charge in [-0.05, 0) is 13.1 Å². The molecule has 1 aromatic carbocycles. The van der Waals surface area contributed by atoms with Crippen LogP contribution >= 0.6 is 0 Å². The highest BCUT2D eigenvalue weighted by Crippen LogP contribution is 2.46. The van der Waals surface area contributed by atoms with Gasteiger partial charge in [0.25, 0.3) is 0 Å². The van der Waals surface area contributed by atoms with E-state index in [4.69, 9.17) is 0 Å². The van der Waals surface area contributed by atoms with Crippen LogP contribution in [0.3, 0.4) is 0 Å². The van der Waals surface area contributed by atoms with Gasteiger partial charge >= 0.3 is 12.4 Å². The maximum absolute atomic E-state index is 13.4. The molecule has 0 radical (unpaired) electrons. The summed E-state index contributed by atoms with van der Waals surface area (Å²) >= 11 is 0. The Morgan fingerprint density at radius 3 is 1.85 bits per heavy atom. The molecule has 0 aromatic heterocycles. The fraction of sp³-hybridized carbons (Fsp3) is 0.455. The number of hydrogen-bond acceptors (Lipinski definition) is 1. The van der Waals surface area contributed by atoms with Gasteiger partial charge in [-0.15, -0.1) is 0 Å². The van der Waals surface area contributed by atoms with Crippen LogP contribution in [0.4, 0.5) is 35.1 Å². The normalized spacial score (nSPS) is 14.7. The van der Waals surface area contributed by atoms with Crippen LogP contribution < -0.4 is 5.32 Å². The smallest absolute Gasteiger partial charge is 0.312 e. The molecule has 0 amide bonds. The lowest BCUT2D eigenvalue weighted by molar-refractivity contribution is -0.292. The van der Waals surface area contributed by atoms with E-state index in [1.165, 1.54) is 0 Å². The Hall–Kier alpha value is -1.38. The van der Waals surface area contributed by atoms with E-state index in [-0.39, 0.29) is 0 Å². The quantitative estimate of drug-likeness (QED) is 0.833. The van der Waals surface area contributed by atoms with Gasteiger partial charge in [-0.2, -0.15) is 26.3 Å². The highest BCUT2D eigenvalue weighted by molar-refractivity contribution is 5.24. The molecule has 20 heavy (non-hydrogen) atoms. The van der Waals surface area contributed by atoms with Crippen molar-refractivity contribution in [3.63, 3.8) is 0 Å². The molecule has 1 atom stereocenters. The lowest BCUT2D eigenvalue weighted by atomic mass is 9.91. The van der Waals surface area contributed by atoms with Crippen molar-refractivity contribution < 1.29 is 35.1 Å². The van der Waals surface area contributed by atoms with E-state index >= 15 is 0 Å². The predicted octanol–water partition coefficient (Wildman–Crippen LogP) is 3.97. The molecule has 1 aromatic rings. The summed E-state index contributed by atoms with van der Waals surface area (Å²) in [6, 6.07) is -0.376. The number of hydrogen-bond donors (Lipinski definition) is 1. The fourth-order valence-corrected chi connectivity index (χ4v) is 1.83. The van der Waals surface area contributed by atoms with Crippen LogP contribution in [0.2, 0.25) is 0 Å². The SMILES string of the molecule is CNC(c1cccc(F)c1F)C(C(F)(F)F)C(F)(F)F. The molecule has 0 bridgehead atoms. The second-order valence-electron chi connectivity index (χ2n) is 3.97. The first-order valence-electron chi connectivity index (χ1n) is 5.24. The Morgan fingerprint density at radius 2 is 1.45 bits per heavy atom. The lowest BCUT2D eigenvalue weighted by Crippen LogP contribution is -2.45. The molecule has 0 saturated heterocycles. The van der Waals surface area contributed by atoms with Crippen molar-refractivity contribution in [2.45, 2.75) is 18.4 Å². The van der Waals surface area contributed by atoms with Crippen molar-refractivity contribution in [3.05, 3.63) is 35.4 Å². The van der Waals surface area contributed by atoms with Crippen LogP contribution in [0, 0.1) is 17.6 Å². The van der Waals surface area contributed by atoms with E-state index in [1.54, 1.807) is 5.32 Å². The minimum atomic E-state index is -5.66. The molecular formula is C11H9F8N. The third-order valence-corrected chi connectivity index (χ3v) is 2.67. The molecule has 1 N–H and O–H groups in total. The molecular weight excluding hydrogens is 298 g/mol. The van der Waals surface area contributed by atoms with Crippen LogP contribution in [0.5, 0.6) is 0 Å². The van der Waals surface area contributed by atoms with Crippen molar-refractivity contribution in [2.75, 3.05) is 7.05 Å². The van der Waals surface area contributed by atoms with Crippen molar-refractivity contribution in [3.8, 4) is 0 Å². The fourth-order valence-electron chi connectivity index (χ4n) is 1.83. The van der Waals surface area contributed by atoms with E-state index in [0.29, 0.717) is 12.1 Å². The molecule has 114 valence electrons. The second kappa shape index (κ2) is 5.55. The van der Waals surface area contributed by atoms with Crippen molar-refractivity contribution in [2.24, 2.45) is 5.92 Å². The van der Waals surface area contributed by atoms with Crippen LogP contribution in [-0.2, 0) is 0 Å². The zero-order valence-electron chi connectivity index (χ0n) is 9.91. The summed E-state index contributed by atoms with van der Waals surface area (Å²) in [5.74, 6) is -7.12. The average Bonchev–Trinajstić information content (AvgIpc) is 2.26. The van der Waals surface area contributed by atoms with Gasteiger partial charge in [0.1, 0.15) is 0 Å². The van der Waals surface area contributed by atoms with Gasteiger partial charge in [0.15, 0.2) is 17.6 Å². The maximum atomic E-state index is 13.4. The van der Waals surface area contributed by atoms with E-state index in [2.05, 4.69) is 0 Å². The van der Waals surface area contributed by atoms with Gasteiger partial charge in [-0.1, -0.05) is 12.1 Å². The third-order valence-electron chi connectivity index (χ3n) is 2.67. The summed E-state index contributed by atoms with van der Waals surface area (Å²) in [5.41, 5.74) is -1.04. The Labute approximate surface area is 108 Å². The molecule has 0 aliphatic heterocycles. The average molecular weight is 307 g/mol. The highest BCUT2D eigenvalue weighted by atomic mass is 19.4. The summed E-state index contributed by atoms with van der Waals surface area (Å²) in [7, 11) is 0.805. The van der Waals surface area contributed by atoms with E-state index in [0.717, 1.165) is 13.1 Å². The van der Waals surface area contributed by atoms with Gasteiger partial charge in [0.05, 0.1) is 6.04 Å². The van der Waals surface area contributed by atoms with Gasteiger partial charge in [-0.3, -0.25) is 0 Å². The molecule has 1 rings (SSSR count). The number of halogens is 8. The predicted molar refractivity (Wildman–Crippen MR) is 53.8 cm³/mol. The summed E-state index contributed by atoms with van der Waals surface area (Å²) in [6.45, 7) is 0. The summed E-state index contributed by atoms with van der Waals surface area (Å²) in [5, 5.41) is 1.75. The monoisotopic (exact) mass is 307 g/mol. The summed E-state index contributed by atoms with van der Waals surface area (Å²) < 4.78 is 102. The molecule has 1 nitrogen and oxygen atoms in total. The standard InChI is InChI=1S/C11H9F8N/c1-20-8(5-3-2-4-6(12)7(5)13)9(10(14,15)16)11(17,18)19/h2-4,8-9,20H,1H3. The topological polar surface area (TPSA) is 12.0 Å². The Morgan fingerprint density at radius 1 is 0.950 bits per heavy atom. The number of alkyl halides is 6. The maximum Gasteiger partial charge on any atom is 0.402 e. The van der Waals surface area contributed by atoms with Gasteiger partial charge < -0.3 is 5.32 Å². The van der Waals surface area contributed by atoms with Crippen LogP contribution in [0.25, 0.3) is 0 Å². The summed E-state index contributed by atoms with van der Waals surface area (Å²) in [6.07, 6.45) is -11.3. The van der Waals surface area contributed by atoms with Crippen molar-refractivity contribution >= 4 is 0 Å². The number of nitrogens with one attached hydrogen (secondary N) is 1. The van der Waals surface area contributed by atoms with Crippen molar-refractivity contribution in [1.82, 2.24) is 5.32 Å². The van der Waals surface area contributed by atoms with Gasteiger partial charge in [0, 0.05) is 5.56 Å². The summed E-state index contributed by atoms with van der Waals surface area (Å²) in [4.78, 5) is 0. The minimum absolute atomic E-state index is 0.599. The van der Waals surface area contributed by atoms with Gasteiger partial charge in [-0.25, -0.2) is 8.78 Å². The van der Waals surface area contributed by atoms with Crippen LogP contribution in [0.15, 0.2) is 18.2 Å². The van der Waals surface area contributed by atoms with Crippen LogP contribution in [0.1, 0.15) is 11.6 Å². The second-order valence-corrected chi connectivity index (χ2v) is 3.97. The number of benzene rings is 1. The molecule has 0 aliphatic rings. The molecule has 0 heterocycles. The first-order chi connectivity index (χ1) is 9.00. The third kappa shape index (κ3) is 3.38. The molecule has 0 spiro atoms. The molecule has 0 saturated carbocycles. The largest absolute Gasteiger partial charge is 0.402 e. The Kier molecular flexibility index (Phi) is 4.62. The van der Waals surface area contributed by atoms with Crippen LogP contribution in [-0.4, -0.2) is 19.4 Å². The first-order valence-corrected chi connectivity index (χ1v) is 5.24. The zero-order chi connectivity index (χ0) is 15.7. The Bertz CT molecular complexity index is 450. The highest BCUT2D eigenvalue weighted by Gasteiger charge is 2.60. The van der Waals surface area contributed by atoms with E-state index in [9.17, 15) is 35.1 Å². The van der Waals surface area contributed by atoms with E-state index in [1.807, 2.05) is 0 Å². The first kappa shape index (κ1) is 16.7. The molecule has 0 aliphatic carbocycles.